The minimum atomic E-state index is -1.58. The van der Waals surface area contributed by atoms with Crippen molar-refractivity contribution in [3.8, 4) is 23.0 Å². The Morgan fingerprint density at radius 2 is 1.81 bits per heavy atom. The second-order valence-electron chi connectivity index (χ2n) is 7.35. The fraction of sp³-hybridized carbons (Fsp3) is 0.318. The Bertz CT molecular complexity index is 1050. The SMILES string of the molecule is COc1cc(C=C2Oc3cc(O)ccc3C2=O)ccc1O[C@@H]1O[C@H](CO)[C@H](O)[C@H](O)[C@H]1O. The number of aliphatic hydroxyl groups excluding tert-OH is 4. The summed E-state index contributed by atoms with van der Waals surface area (Å²) in [5, 5.41) is 48.8. The first-order valence-corrected chi connectivity index (χ1v) is 9.75. The van der Waals surface area contributed by atoms with E-state index >= 15 is 0 Å². The molecule has 0 aromatic heterocycles. The van der Waals surface area contributed by atoms with E-state index in [0.717, 1.165) is 0 Å². The van der Waals surface area contributed by atoms with E-state index in [1.54, 1.807) is 12.1 Å². The number of aliphatic hydroxyl groups is 4. The highest BCUT2D eigenvalue weighted by molar-refractivity contribution is 6.14. The molecule has 0 unspecified atom stereocenters. The van der Waals surface area contributed by atoms with E-state index in [1.807, 2.05) is 0 Å². The van der Waals surface area contributed by atoms with E-state index in [9.17, 15) is 30.3 Å². The van der Waals surface area contributed by atoms with E-state index < -0.39 is 37.3 Å². The van der Waals surface area contributed by atoms with Crippen LogP contribution in [0.4, 0.5) is 0 Å². The number of methoxy groups -OCH3 is 1. The molecule has 2 aliphatic rings. The molecule has 2 aromatic rings. The van der Waals surface area contributed by atoms with Gasteiger partial charge in [-0.15, -0.1) is 0 Å². The first-order valence-electron chi connectivity index (χ1n) is 9.75. The quantitative estimate of drug-likeness (QED) is 0.402. The van der Waals surface area contributed by atoms with Gasteiger partial charge in [-0.2, -0.15) is 0 Å². The Balaban J connectivity index is 1.55. The molecule has 0 spiro atoms. The van der Waals surface area contributed by atoms with Gasteiger partial charge in [-0.25, -0.2) is 0 Å². The number of phenols is 1. The summed E-state index contributed by atoms with van der Waals surface area (Å²) in [5.41, 5.74) is 0.881. The van der Waals surface area contributed by atoms with Gasteiger partial charge in [0.15, 0.2) is 17.3 Å². The van der Waals surface area contributed by atoms with Crippen LogP contribution in [0.3, 0.4) is 0 Å². The van der Waals surface area contributed by atoms with Crippen molar-refractivity contribution < 1.29 is 49.3 Å². The Hall–Kier alpha value is -3.15. The number of allylic oxidation sites excluding steroid dienone is 1. The highest BCUT2D eigenvalue weighted by atomic mass is 16.7. The van der Waals surface area contributed by atoms with Crippen molar-refractivity contribution in [2.45, 2.75) is 30.7 Å². The zero-order valence-corrected chi connectivity index (χ0v) is 16.9. The van der Waals surface area contributed by atoms with Crippen molar-refractivity contribution in [1.29, 1.82) is 0 Å². The van der Waals surface area contributed by atoms with Crippen LogP contribution in [0.25, 0.3) is 6.08 Å². The average Bonchev–Trinajstić information content (AvgIpc) is 3.09. The van der Waals surface area contributed by atoms with E-state index in [-0.39, 0.29) is 34.5 Å². The predicted molar refractivity (Wildman–Crippen MR) is 108 cm³/mol. The van der Waals surface area contributed by atoms with Crippen molar-refractivity contribution in [2.75, 3.05) is 13.7 Å². The molecule has 0 amide bonds. The van der Waals surface area contributed by atoms with Crippen molar-refractivity contribution in [1.82, 2.24) is 0 Å². The second-order valence-corrected chi connectivity index (χ2v) is 7.35. The van der Waals surface area contributed by atoms with Gasteiger partial charge < -0.3 is 44.5 Å². The molecule has 1 saturated heterocycles. The molecule has 5 atom stereocenters. The highest BCUT2D eigenvalue weighted by Gasteiger charge is 2.45. The standard InChI is InChI=1S/C22H22O10/c1-29-15-6-10(7-16-18(25)12-4-3-11(24)8-14(12)30-16)2-5-13(15)31-22-21(28)20(27)19(26)17(9-23)32-22/h2-8,17,19-24,26-28H,9H2,1H3/t17-,19+,20+,21-,22-/m1/s1. The zero-order chi connectivity index (χ0) is 23.0. The van der Waals surface area contributed by atoms with Crippen molar-refractivity contribution >= 4 is 11.9 Å². The van der Waals surface area contributed by atoms with E-state index in [1.165, 1.54) is 37.5 Å². The molecule has 1 fully saturated rings. The van der Waals surface area contributed by atoms with Crippen LogP contribution < -0.4 is 14.2 Å². The number of aromatic hydroxyl groups is 1. The maximum absolute atomic E-state index is 12.5. The van der Waals surface area contributed by atoms with Crippen molar-refractivity contribution in [2.24, 2.45) is 0 Å². The molecule has 2 aliphatic heterocycles. The Labute approximate surface area is 182 Å². The monoisotopic (exact) mass is 446 g/mol. The molecular formula is C22H22O10. The number of rotatable bonds is 5. The van der Waals surface area contributed by atoms with Gasteiger partial charge in [-0.05, 0) is 35.9 Å². The molecule has 5 N–H and O–H groups in total. The number of benzene rings is 2. The number of hydrogen-bond donors (Lipinski definition) is 5. The maximum Gasteiger partial charge on any atom is 0.231 e. The number of phenolic OH excluding ortho intramolecular Hbond substituents is 1. The summed E-state index contributed by atoms with van der Waals surface area (Å²) in [6.45, 7) is -0.581. The fourth-order valence-electron chi connectivity index (χ4n) is 3.49. The van der Waals surface area contributed by atoms with Crippen molar-refractivity contribution in [3.63, 3.8) is 0 Å². The van der Waals surface area contributed by atoms with Gasteiger partial charge in [0, 0.05) is 6.07 Å². The molecule has 4 rings (SSSR count). The number of fused-ring (bicyclic) bond motifs is 1. The lowest BCUT2D eigenvalue weighted by atomic mass is 9.99. The first-order chi connectivity index (χ1) is 15.3. The summed E-state index contributed by atoms with van der Waals surface area (Å²) in [6.07, 6.45) is -5.63. The van der Waals surface area contributed by atoms with Crippen LogP contribution in [0.1, 0.15) is 15.9 Å². The maximum atomic E-state index is 12.5. The lowest BCUT2D eigenvalue weighted by Crippen LogP contribution is -2.60. The summed E-state index contributed by atoms with van der Waals surface area (Å²) in [5.74, 6) is 0.364. The van der Waals surface area contributed by atoms with E-state index in [4.69, 9.17) is 18.9 Å². The summed E-state index contributed by atoms with van der Waals surface area (Å²) in [6, 6.07) is 8.90. The normalized spacial score (nSPS) is 28.3. The third-order valence-corrected chi connectivity index (χ3v) is 5.23. The number of ether oxygens (including phenoxy) is 4. The second kappa shape index (κ2) is 8.77. The number of carbonyl (C=O) groups is 1. The molecule has 10 nitrogen and oxygen atoms in total. The molecule has 2 heterocycles. The van der Waals surface area contributed by atoms with Crippen LogP contribution in [-0.4, -0.2) is 75.7 Å². The number of ketones is 1. The fourth-order valence-corrected chi connectivity index (χ4v) is 3.49. The van der Waals surface area contributed by atoms with Gasteiger partial charge in [0.05, 0.1) is 19.3 Å². The van der Waals surface area contributed by atoms with Gasteiger partial charge in [0.1, 0.15) is 35.9 Å². The average molecular weight is 446 g/mol. The molecule has 0 aliphatic carbocycles. The topological polar surface area (TPSA) is 155 Å². The lowest BCUT2D eigenvalue weighted by Gasteiger charge is -2.39. The van der Waals surface area contributed by atoms with Crippen LogP contribution in [0.15, 0.2) is 42.2 Å². The van der Waals surface area contributed by atoms with E-state index in [2.05, 4.69) is 0 Å². The molecule has 10 heteroatoms. The molecule has 0 saturated carbocycles. The lowest BCUT2D eigenvalue weighted by molar-refractivity contribution is -0.277. The third kappa shape index (κ3) is 4.01. The van der Waals surface area contributed by atoms with Crippen LogP contribution in [0.5, 0.6) is 23.0 Å². The number of carbonyl (C=O) groups excluding carboxylic acids is 1. The third-order valence-electron chi connectivity index (χ3n) is 5.23. The molecule has 32 heavy (non-hydrogen) atoms. The number of Topliss-reactive ketones (excluding diaryl/α,β-unsaturated/α-hetero) is 1. The smallest absolute Gasteiger partial charge is 0.231 e. The minimum Gasteiger partial charge on any atom is -0.508 e. The first kappa shape index (κ1) is 22.1. The molecule has 0 radical (unpaired) electrons. The summed E-state index contributed by atoms with van der Waals surface area (Å²) in [4.78, 5) is 12.5. The summed E-state index contributed by atoms with van der Waals surface area (Å²) < 4.78 is 21.8. The zero-order valence-electron chi connectivity index (χ0n) is 16.9. The van der Waals surface area contributed by atoms with Crippen LogP contribution in [0.2, 0.25) is 0 Å². The summed E-state index contributed by atoms with van der Waals surface area (Å²) in [7, 11) is 1.39. The Morgan fingerprint density at radius 1 is 1.03 bits per heavy atom. The minimum absolute atomic E-state index is 0.0193. The van der Waals surface area contributed by atoms with Crippen LogP contribution >= 0.6 is 0 Å². The largest absolute Gasteiger partial charge is 0.508 e. The highest BCUT2D eigenvalue weighted by Crippen LogP contribution is 2.36. The molecule has 0 bridgehead atoms. The van der Waals surface area contributed by atoms with E-state index in [0.29, 0.717) is 11.1 Å². The molecular weight excluding hydrogens is 424 g/mol. The van der Waals surface area contributed by atoms with Crippen LogP contribution in [0, 0.1) is 0 Å². The van der Waals surface area contributed by atoms with Gasteiger partial charge in [0.25, 0.3) is 0 Å². The molecule has 170 valence electrons. The van der Waals surface area contributed by atoms with Gasteiger partial charge in [0.2, 0.25) is 12.1 Å². The van der Waals surface area contributed by atoms with Gasteiger partial charge >= 0.3 is 0 Å². The van der Waals surface area contributed by atoms with Gasteiger partial charge in [-0.3, -0.25) is 4.79 Å². The Morgan fingerprint density at radius 3 is 2.53 bits per heavy atom. The van der Waals surface area contributed by atoms with Gasteiger partial charge in [-0.1, -0.05) is 6.07 Å². The molecule has 2 aromatic carbocycles. The van der Waals surface area contributed by atoms with Crippen LogP contribution in [-0.2, 0) is 4.74 Å². The predicted octanol–water partition coefficient (Wildman–Crippen LogP) is 0.196. The Kier molecular flexibility index (Phi) is 6.04. The summed E-state index contributed by atoms with van der Waals surface area (Å²) >= 11 is 0. The number of hydrogen-bond acceptors (Lipinski definition) is 10. The van der Waals surface area contributed by atoms with Crippen molar-refractivity contribution in [3.05, 3.63) is 53.3 Å².